The molecule has 0 spiro atoms. The van der Waals surface area contributed by atoms with Crippen LogP contribution in [0.15, 0.2) is 6.07 Å². The van der Waals surface area contributed by atoms with Gasteiger partial charge >= 0.3 is 0 Å². The fourth-order valence-corrected chi connectivity index (χ4v) is 1.78. The molecule has 0 fully saturated rings. The molecular weight excluding hydrogens is 220 g/mol. The lowest BCUT2D eigenvalue weighted by molar-refractivity contribution is 0.111. The number of methoxy groups -OCH3 is 1. The van der Waals surface area contributed by atoms with E-state index in [-0.39, 0.29) is 5.02 Å². The standard InChI is InChI=1S/C10H9ClO4/c1-13-9-6(5-12)4-7-10(8(9)11)15-3-2-14-7/h4-5H,2-3H2,1H3. The molecule has 1 aliphatic rings. The third-order valence-corrected chi connectivity index (χ3v) is 2.43. The Morgan fingerprint density at radius 1 is 1.47 bits per heavy atom. The zero-order valence-electron chi connectivity index (χ0n) is 8.08. The van der Waals surface area contributed by atoms with Gasteiger partial charge in [-0.2, -0.15) is 0 Å². The first kappa shape index (κ1) is 10.1. The number of rotatable bonds is 2. The number of benzene rings is 1. The predicted octanol–water partition coefficient (Wildman–Crippen LogP) is 1.93. The Bertz CT molecular complexity index is 403. The summed E-state index contributed by atoms with van der Waals surface area (Å²) in [6.07, 6.45) is 0.670. The van der Waals surface area contributed by atoms with Crippen molar-refractivity contribution in [3.8, 4) is 17.2 Å². The molecule has 0 saturated heterocycles. The second kappa shape index (κ2) is 3.98. The van der Waals surface area contributed by atoms with Crippen LogP contribution >= 0.6 is 11.6 Å². The monoisotopic (exact) mass is 228 g/mol. The summed E-state index contributed by atoms with van der Waals surface area (Å²) in [4.78, 5) is 10.8. The molecule has 0 aromatic heterocycles. The van der Waals surface area contributed by atoms with Crippen LogP contribution in [0.5, 0.6) is 17.2 Å². The van der Waals surface area contributed by atoms with Gasteiger partial charge in [0.2, 0.25) is 0 Å². The van der Waals surface area contributed by atoms with Crippen molar-refractivity contribution in [1.82, 2.24) is 0 Å². The van der Waals surface area contributed by atoms with E-state index in [2.05, 4.69) is 0 Å². The molecule has 1 aromatic carbocycles. The number of hydrogen-bond acceptors (Lipinski definition) is 4. The number of carbonyl (C=O) groups is 1. The maximum Gasteiger partial charge on any atom is 0.183 e. The van der Waals surface area contributed by atoms with Crippen LogP contribution in [0.4, 0.5) is 0 Å². The minimum Gasteiger partial charge on any atom is -0.494 e. The molecule has 4 nitrogen and oxygen atoms in total. The van der Waals surface area contributed by atoms with Crippen molar-refractivity contribution < 1.29 is 19.0 Å². The third kappa shape index (κ3) is 1.61. The number of hydrogen-bond donors (Lipinski definition) is 0. The maximum atomic E-state index is 10.8. The molecule has 0 amide bonds. The van der Waals surface area contributed by atoms with Gasteiger partial charge in [-0.15, -0.1) is 0 Å². The molecule has 1 aromatic rings. The minimum atomic E-state index is 0.275. The van der Waals surface area contributed by atoms with Gasteiger partial charge in [0.1, 0.15) is 18.2 Å². The summed E-state index contributed by atoms with van der Waals surface area (Å²) in [6, 6.07) is 1.56. The average molecular weight is 229 g/mol. The topological polar surface area (TPSA) is 44.8 Å². The number of aldehydes is 1. The summed E-state index contributed by atoms with van der Waals surface area (Å²) in [5.41, 5.74) is 0.353. The molecule has 0 bridgehead atoms. The molecule has 0 saturated carbocycles. The quantitative estimate of drug-likeness (QED) is 0.726. The van der Waals surface area contributed by atoms with Gasteiger partial charge in [0, 0.05) is 0 Å². The van der Waals surface area contributed by atoms with Crippen molar-refractivity contribution in [1.29, 1.82) is 0 Å². The number of ether oxygens (including phenoxy) is 3. The van der Waals surface area contributed by atoms with E-state index in [4.69, 9.17) is 25.8 Å². The molecule has 2 rings (SSSR count). The van der Waals surface area contributed by atoms with Gasteiger partial charge in [-0.3, -0.25) is 4.79 Å². The van der Waals surface area contributed by atoms with E-state index in [0.29, 0.717) is 42.3 Å². The highest BCUT2D eigenvalue weighted by atomic mass is 35.5. The van der Waals surface area contributed by atoms with Crippen LogP contribution in [-0.4, -0.2) is 26.6 Å². The van der Waals surface area contributed by atoms with E-state index in [1.54, 1.807) is 6.07 Å². The number of halogens is 1. The van der Waals surface area contributed by atoms with Crippen molar-refractivity contribution >= 4 is 17.9 Å². The first-order valence-electron chi connectivity index (χ1n) is 4.39. The molecule has 1 aliphatic heterocycles. The maximum absolute atomic E-state index is 10.8. The third-order valence-electron chi connectivity index (χ3n) is 2.09. The van der Waals surface area contributed by atoms with Crippen LogP contribution in [-0.2, 0) is 0 Å². The highest BCUT2D eigenvalue weighted by Gasteiger charge is 2.22. The molecule has 0 atom stereocenters. The zero-order valence-corrected chi connectivity index (χ0v) is 8.84. The Balaban J connectivity index is 2.61. The lowest BCUT2D eigenvalue weighted by Crippen LogP contribution is -2.16. The van der Waals surface area contributed by atoms with Crippen LogP contribution < -0.4 is 14.2 Å². The molecule has 0 aliphatic carbocycles. The first-order valence-corrected chi connectivity index (χ1v) is 4.77. The highest BCUT2D eigenvalue weighted by molar-refractivity contribution is 6.34. The predicted molar refractivity (Wildman–Crippen MR) is 54.4 cm³/mol. The van der Waals surface area contributed by atoms with E-state index in [0.717, 1.165) is 0 Å². The summed E-state index contributed by atoms with van der Waals surface area (Å²) in [5.74, 6) is 1.23. The SMILES string of the molecule is COc1c(C=O)cc2c(c1Cl)OCCO2. The average Bonchev–Trinajstić information content (AvgIpc) is 2.29. The largest absolute Gasteiger partial charge is 0.494 e. The Morgan fingerprint density at radius 3 is 2.87 bits per heavy atom. The molecule has 0 N–H and O–H groups in total. The number of fused-ring (bicyclic) bond motifs is 1. The number of carbonyl (C=O) groups excluding carboxylic acids is 1. The normalized spacial score (nSPS) is 13.5. The lowest BCUT2D eigenvalue weighted by Gasteiger charge is -2.21. The van der Waals surface area contributed by atoms with Crippen molar-refractivity contribution in [3.05, 3.63) is 16.7 Å². The summed E-state index contributed by atoms with van der Waals surface area (Å²) >= 11 is 6.02. The van der Waals surface area contributed by atoms with Crippen LogP contribution in [0.3, 0.4) is 0 Å². The highest BCUT2D eigenvalue weighted by Crippen LogP contribution is 2.44. The van der Waals surface area contributed by atoms with Gasteiger partial charge in [0.05, 0.1) is 12.7 Å². The molecule has 0 radical (unpaired) electrons. The summed E-state index contributed by atoms with van der Waals surface area (Å²) in [5, 5.41) is 0.275. The molecular formula is C10H9ClO4. The fraction of sp³-hybridized carbons (Fsp3) is 0.300. The Morgan fingerprint density at radius 2 is 2.20 bits per heavy atom. The molecule has 5 heteroatoms. The van der Waals surface area contributed by atoms with E-state index in [1.165, 1.54) is 7.11 Å². The summed E-state index contributed by atoms with van der Waals surface area (Å²) in [6.45, 7) is 0.893. The van der Waals surface area contributed by atoms with Crippen LogP contribution in [0.1, 0.15) is 10.4 Å². The minimum absolute atomic E-state index is 0.275. The second-order valence-corrected chi connectivity index (χ2v) is 3.33. The lowest BCUT2D eigenvalue weighted by atomic mass is 10.2. The van der Waals surface area contributed by atoms with Gasteiger partial charge in [0.15, 0.2) is 23.5 Å². The summed E-state index contributed by atoms with van der Waals surface area (Å²) in [7, 11) is 1.45. The zero-order chi connectivity index (χ0) is 10.8. The van der Waals surface area contributed by atoms with E-state index < -0.39 is 0 Å². The van der Waals surface area contributed by atoms with Gasteiger partial charge in [0.25, 0.3) is 0 Å². The van der Waals surface area contributed by atoms with Crippen molar-refractivity contribution in [2.45, 2.75) is 0 Å². The smallest absolute Gasteiger partial charge is 0.183 e. The van der Waals surface area contributed by atoms with Crippen molar-refractivity contribution in [2.24, 2.45) is 0 Å². The molecule has 80 valence electrons. The molecule has 1 heterocycles. The van der Waals surface area contributed by atoms with Gasteiger partial charge in [-0.05, 0) is 6.07 Å². The second-order valence-electron chi connectivity index (χ2n) is 2.96. The molecule has 0 unspecified atom stereocenters. The van der Waals surface area contributed by atoms with E-state index in [1.807, 2.05) is 0 Å². The van der Waals surface area contributed by atoms with Crippen LogP contribution in [0, 0.1) is 0 Å². The summed E-state index contributed by atoms with van der Waals surface area (Å²) < 4.78 is 15.7. The van der Waals surface area contributed by atoms with Gasteiger partial charge in [-0.25, -0.2) is 0 Å². The Hall–Kier alpha value is -1.42. The van der Waals surface area contributed by atoms with Gasteiger partial charge in [-0.1, -0.05) is 11.6 Å². The molecule has 15 heavy (non-hydrogen) atoms. The van der Waals surface area contributed by atoms with E-state index >= 15 is 0 Å². The van der Waals surface area contributed by atoms with Crippen molar-refractivity contribution in [2.75, 3.05) is 20.3 Å². The van der Waals surface area contributed by atoms with Gasteiger partial charge < -0.3 is 14.2 Å². The van der Waals surface area contributed by atoms with Crippen LogP contribution in [0.2, 0.25) is 5.02 Å². The Kier molecular flexibility index (Phi) is 2.68. The fourth-order valence-electron chi connectivity index (χ4n) is 1.44. The Labute approximate surface area is 91.7 Å². The van der Waals surface area contributed by atoms with Crippen molar-refractivity contribution in [3.63, 3.8) is 0 Å². The first-order chi connectivity index (χ1) is 7.27. The van der Waals surface area contributed by atoms with E-state index in [9.17, 15) is 4.79 Å². The van der Waals surface area contributed by atoms with Crippen LogP contribution in [0.25, 0.3) is 0 Å².